The molecule has 0 radical (unpaired) electrons. The first-order chi connectivity index (χ1) is 8.83. The number of hydrogen-bond acceptors (Lipinski definition) is 3. The Morgan fingerprint density at radius 3 is 2.94 bits per heavy atom. The normalized spacial score (nSPS) is 12.7. The molecule has 1 atom stereocenters. The van der Waals surface area contributed by atoms with Crippen molar-refractivity contribution in [2.75, 3.05) is 0 Å². The highest BCUT2D eigenvalue weighted by Gasteiger charge is 2.09. The lowest BCUT2D eigenvalue weighted by molar-refractivity contribution is 0.561. The van der Waals surface area contributed by atoms with E-state index in [4.69, 9.17) is 10.2 Å². The lowest BCUT2D eigenvalue weighted by Crippen LogP contribution is -2.13. The van der Waals surface area contributed by atoms with E-state index in [1.165, 1.54) is 0 Å². The number of fused-ring (bicyclic) bond motifs is 1. The Balaban J connectivity index is 1.89. The molecule has 2 N–H and O–H groups in total. The van der Waals surface area contributed by atoms with Gasteiger partial charge in [-0.3, -0.25) is 4.98 Å². The predicted octanol–water partition coefficient (Wildman–Crippen LogP) is 3.07. The van der Waals surface area contributed by atoms with Crippen LogP contribution < -0.4 is 5.73 Å². The van der Waals surface area contributed by atoms with E-state index in [0.29, 0.717) is 0 Å². The van der Waals surface area contributed by atoms with Gasteiger partial charge in [0.2, 0.25) is 0 Å². The minimum atomic E-state index is -0.0558. The summed E-state index contributed by atoms with van der Waals surface area (Å²) in [6.45, 7) is 0. The van der Waals surface area contributed by atoms with Crippen molar-refractivity contribution in [3.63, 3.8) is 0 Å². The van der Waals surface area contributed by atoms with Gasteiger partial charge < -0.3 is 10.2 Å². The van der Waals surface area contributed by atoms with Crippen molar-refractivity contribution in [1.29, 1.82) is 0 Å². The fourth-order valence-electron chi connectivity index (χ4n) is 2.07. The van der Waals surface area contributed by atoms with E-state index in [2.05, 4.69) is 17.1 Å². The summed E-state index contributed by atoms with van der Waals surface area (Å²) in [6.07, 6.45) is 6.01. The first-order valence-corrected chi connectivity index (χ1v) is 5.94. The second-order valence-electron chi connectivity index (χ2n) is 4.40. The van der Waals surface area contributed by atoms with Crippen LogP contribution in [0.1, 0.15) is 17.2 Å². The van der Waals surface area contributed by atoms with Crippen molar-refractivity contribution in [3.8, 4) is 0 Å². The van der Waals surface area contributed by atoms with Crippen molar-refractivity contribution in [3.05, 3.63) is 66.2 Å². The fraction of sp³-hybridized carbons (Fsp3) is 0.133. The van der Waals surface area contributed by atoms with E-state index < -0.39 is 0 Å². The highest BCUT2D eigenvalue weighted by atomic mass is 16.3. The summed E-state index contributed by atoms with van der Waals surface area (Å²) in [7, 11) is 0. The standard InChI is InChI=1S/C15H14N2O/c16-14(7-11-5-6-18-10-11)13-8-12-3-1-2-4-15(12)17-9-13/h1-6,8-10,14H,7,16H2. The number of benzene rings is 1. The number of nitrogens with zero attached hydrogens (tertiary/aromatic N) is 1. The van der Waals surface area contributed by atoms with Gasteiger partial charge in [0, 0.05) is 17.6 Å². The van der Waals surface area contributed by atoms with Crippen molar-refractivity contribution in [2.45, 2.75) is 12.5 Å². The quantitative estimate of drug-likeness (QED) is 0.763. The Morgan fingerprint density at radius 1 is 1.22 bits per heavy atom. The Hall–Kier alpha value is -2.13. The topological polar surface area (TPSA) is 52.0 Å². The Labute approximate surface area is 105 Å². The molecule has 1 unspecified atom stereocenters. The van der Waals surface area contributed by atoms with Gasteiger partial charge in [-0.1, -0.05) is 18.2 Å². The largest absolute Gasteiger partial charge is 0.472 e. The first-order valence-electron chi connectivity index (χ1n) is 5.94. The van der Waals surface area contributed by atoms with Crippen LogP contribution in [0.15, 0.2) is 59.5 Å². The van der Waals surface area contributed by atoms with Gasteiger partial charge in [0.05, 0.1) is 18.0 Å². The van der Waals surface area contributed by atoms with Crippen LogP contribution in [0.5, 0.6) is 0 Å². The SMILES string of the molecule is NC(Cc1ccoc1)c1cnc2ccccc2c1. The zero-order chi connectivity index (χ0) is 12.4. The molecule has 1 aromatic carbocycles. The number of hydrogen-bond donors (Lipinski definition) is 1. The molecule has 2 heterocycles. The molecule has 3 heteroatoms. The van der Waals surface area contributed by atoms with Gasteiger partial charge in [0.25, 0.3) is 0 Å². The highest BCUT2D eigenvalue weighted by molar-refractivity contribution is 5.78. The van der Waals surface area contributed by atoms with Crippen molar-refractivity contribution in [1.82, 2.24) is 4.98 Å². The molecule has 90 valence electrons. The summed E-state index contributed by atoms with van der Waals surface area (Å²) in [6, 6.07) is 12.0. The monoisotopic (exact) mass is 238 g/mol. The van der Waals surface area contributed by atoms with Gasteiger partial charge in [0.1, 0.15) is 0 Å². The smallest absolute Gasteiger partial charge is 0.0935 e. The maximum Gasteiger partial charge on any atom is 0.0935 e. The summed E-state index contributed by atoms with van der Waals surface area (Å²) in [5.41, 5.74) is 9.35. The van der Waals surface area contributed by atoms with Crippen LogP contribution in [0.3, 0.4) is 0 Å². The van der Waals surface area contributed by atoms with Crippen LogP contribution in [0, 0.1) is 0 Å². The second-order valence-corrected chi connectivity index (χ2v) is 4.40. The van der Waals surface area contributed by atoms with Gasteiger partial charge in [-0.2, -0.15) is 0 Å². The van der Waals surface area contributed by atoms with Crippen LogP contribution >= 0.6 is 0 Å². The summed E-state index contributed by atoms with van der Waals surface area (Å²) in [4.78, 5) is 4.43. The van der Waals surface area contributed by atoms with Gasteiger partial charge in [-0.25, -0.2) is 0 Å². The molecule has 3 aromatic rings. The number of nitrogens with two attached hydrogens (primary N) is 1. The summed E-state index contributed by atoms with van der Waals surface area (Å²) in [5, 5.41) is 1.12. The number of para-hydroxylation sites is 1. The average molecular weight is 238 g/mol. The lowest BCUT2D eigenvalue weighted by atomic mass is 10.0. The van der Waals surface area contributed by atoms with E-state index in [-0.39, 0.29) is 6.04 Å². The van der Waals surface area contributed by atoms with Crippen LogP contribution in [-0.2, 0) is 6.42 Å². The van der Waals surface area contributed by atoms with Gasteiger partial charge >= 0.3 is 0 Å². The molecule has 0 aliphatic rings. The van der Waals surface area contributed by atoms with Crippen molar-refractivity contribution in [2.24, 2.45) is 5.73 Å². The Morgan fingerprint density at radius 2 is 2.11 bits per heavy atom. The maximum atomic E-state index is 6.20. The molecule has 0 saturated heterocycles. The van der Waals surface area contributed by atoms with E-state index in [0.717, 1.165) is 28.5 Å². The molecule has 0 aliphatic heterocycles. The minimum absolute atomic E-state index is 0.0558. The highest BCUT2D eigenvalue weighted by Crippen LogP contribution is 2.19. The van der Waals surface area contributed by atoms with Crippen LogP contribution in [0.2, 0.25) is 0 Å². The first kappa shape index (κ1) is 11.0. The fourth-order valence-corrected chi connectivity index (χ4v) is 2.07. The van der Waals surface area contributed by atoms with Crippen LogP contribution in [0.25, 0.3) is 10.9 Å². The molecule has 0 spiro atoms. The number of rotatable bonds is 3. The third-order valence-corrected chi connectivity index (χ3v) is 3.08. The molecule has 3 nitrogen and oxygen atoms in total. The van der Waals surface area contributed by atoms with Gasteiger partial charge in [-0.05, 0) is 35.7 Å². The van der Waals surface area contributed by atoms with E-state index >= 15 is 0 Å². The van der Waals surface area contributed by atoms with Gasteiger partial charge in [0.15, 0.2) is 0 Å². The molecule has 3 rings (SSSR count). The number of aromatic nitrogens is 1. The molecule has 18 heavy (non-hydrogen) atoms. The average Bonchev–Trinajstić information content (AvgIpc) is 2.91. The van der Waals surface area contributed by atoms with Crippen LogP contribution in [0.4, 0.5) is 0 Å². The molecule has 0 fully saturated rings. The number of furan rings is 1. The Bertz CT molecular complexity index is 646. The minimum Gasteiger partial charge on any atom is -0.472 e. The third kappa shape index (κ3) is 2.13. The summed E-state index contributed by atoms with van der Waals surface area (Å²) >= 11 is 0. The van der Waals surface area contributed by atoms with Crippen molar-refractivity contribution < 1.29 is 4.42 Å². The number of pyridine rings is 1. The van der Waals surface area contributed by atoms with Crippen LogP contribution in [-0.4, -0.2) is 4.98 Å². The van der Waals surface area contributed by atoms with E-state index in [1.54, 1.807) is 12.5 Å². The third-order valence-electron chi connectivity index (χ3n) is 3.08. The molecule has 0 bridgehead atoms. The van der Waals surface area contributed by atoms with E-state index in [1.807, 2.05) is 30.5 Å². The van der Waals surface area contributed by atoms with Gasteiger partial charge in [-0.15, -0.1) is 0 Å². The molecular weight excluding hydrogens is 224 g/mol. The van der Waals surface area contributed by atoms with Crippen molar-refractivity contribution >= 4 is 10.9 Å². The maximum absolute atomic E-state index is 6.20. The molecule has 0 saturated carbocycles. The molecule has 0 amide bonds. The summed E-state index contributed by atoms with van der Waals surface area (Å²) in [5.74, 6) is 0. The molecule has 0 aliphatic carbocycles. The molecular formula is C15H14N2O. The molecule has 2 aromatic heterocycles. The zero-order valence-corrected chi connectivity index (χ0v) is 9.91. The predicted molar refractivity (Wildman–Crippen MR) is 71.1 cm³/mol. The van der Waals surface area contributed by atoms with E-state index in [9.17, 15) is 0 Å². The summed E-state index contributed by atoms with van der Waals surface area (Å²) < 4.78 is 5.05. The Kier molecular flexibility index (Phi) is 2.82. The second kappa shape index (κ2) is 4.63. The zero-order valence-electron chi connectivity index (χ0n) is 9.91. The lowest BCUT2D eigenvalue weighted by Gasteiger charge is -2.11.